The Bertz CT molecular complexity index is 493. The van der Waals surface area contributed by atoms with Crippen molar-refractivity contribution in [1.29, 1.82) is 0 Å². The quantitative estimate of drug-likeness (QED) is 0.769. The van der Waals surface area contributed by atoms with E-state index in [1.54, 1.807) is 18.1 Å². The molecule has 1 aromatic rings. The third-order valence-electron chi connectivity index (χ3n) is 2.21. The molecule has 1 rings (SSSR count). The van der Waals surface area contributed by atoms with E-state index in [4.69, 9.17) is 11.6 Å². The standard InChI is InChI=1S/C10H14BrClN2O2S/c1-14(3-4-17(2,15)16)10-8(6-12)5-9(11)7-13-10/h5,7H,3-4,6H2,1-2H3. The van der Waals surface area contributed by atoms with E-state index in [1.165, 1.54) is 6.26 Å². The average molecular weight is 342 g/mol. The molecule has 0 radical (unpaired) electrons. The van der Waals surface area contributed by atoms with Crippen LogP contribution in [-0.2, 0) is 15.7 Å². The van der Waals surface area contributed by atoms with Gasteiger partial charge in [-0.15, -0.1) is 11.6 Å². The molecule has 0 aliphatic heterocycles. The van der Waals surface area contributed by atoms with Gasteiger partial charge in [-0.25, -0.2) is 13.4 Å². The third-order valence-corrected chi connectivity index (χ3v) is 3.86. The molecule has 0 fully saturated rings. The molecule has 7 heteroatoms. The molecule has 17 heavy (non-hydrogen) atoms. The molecule has 0 aliphatic carbocycles. The summed E-state index contributed by atoms with van der Waals surface area (Å²) in [6, 6.07) is 1.88. The third kappa shape index (κ3) is 4.81. The smallest absolute Gasteiger partial charge is 0.149 e. The first kappa shape index (κ1) is 14.7. The number of hydrogen-bond donors (Lipinski definition) is 0. The molecule has 0 amide bonds. The van der Waals surface area contributed by atoms with Crippen molar-refractivity contribution in [2.45, 2.75) is 5.88 Å². The van der Waals surface area contributed by atoms with E-state index in [0.717, 1.165) is 10.0 Å². The Morgan fingerprint density at radius 1 is 1.53 bits per heavy atom. The summed E-state index contributed by atoms with van der Waals surface area (Å²) in [4.78, 5) is 6.05. The van der Waals surface area contributed by atoms with Gasteiger partial charge in [0.2, 0.25) is 0 Å². The monoisotopic (exact) mass is 340 g/mol. The summed E-state index contributed by atoms with van der Waals surface area (Å²) < 4.78 is 23.0. The van der Waals surface area contributed by atoms with E-state index in [-0.39, 0.29) is 5.75 Å². The van der Waals surface area contributed by atoms with E-state index in [1.807, 2.05) is 6.07 Å². The van der Waals surface area contributed by atoms with Crippen LogP contribution in [0.1, 0.15) is 5.56 Å². The summed E-state index contributed by atoms with van der Waals surface area (Å²) in [5.74, 6) is 1.15. The lowest BCUT2D eigenvalue weighted by atomic mass is 10.3. The number of rotatable bonds is 5. The van der Waals surface area contributed by atoms with E-state index in [0.29, 0.717) is 18.2 Å². The molecule has 0 unspecified atom stereocenters. The van der Waals surface area contributed by atoms with Gasteiger partial charge in [0.25, 0.3) is 0 Å². The van der Waals surface area contributed by atoms with Crippen molar-refractivity contribution in [2.75, 3.05) is 30.5 Å². The van der Waals surface area contributed by atoms with Crippen molar-refractivity contribution in [3.05, 3.63) is 22.3 Å². The zero-order chi connectivity index (χ0) is 13.1. The predicted molar refractivity (Wildman–Crippen MR) is 74.5 cm³/mol. The van der Waals surface area contributed by atoms with Gasteiger partial charge in [-0.05, 0) is 22.0 Å². The molecule has 96 valence electrons. The first-order valence-corrected chi connectivity index (χ1v) is 8.31. The molecule has 4 nitrogen and oxygen atoms in total. The maximum atomic E-state index is 11.1. The Labute approximate surface area is 115 Å². The minimum Gasteiger partial charge on any atom is -0.358 e. The predicted octanol–water partition coefficient (Wildman–Crippen LogP) is 2.06. The van der Waals surface area contributed by atoms with E-state index in [9.17, 15) is 8.42 Å². The fourth-order valence-corrected chi connectivity index (χ4v) is 2.51. The summed E-state index contributed by atoms with van der Waals surface area (Å²) in [6.45, 7) is 0.400. The maximum absolute atomic E-state index is 11.1. The molecule has 0 saturated heterocycles. The van der Waals surface area contributed by atoms with Crippen LogP contribution in [-0.4, -0.2) is 39.0 Å². The molecule has 0 spiro atoms. The molecule has 0 atom stereocenters. The lowest BCUT2D eigenvalue weighted by Gasteiger charge is -2.20. The molecular weight excluding hydrogens is 328 g/mol. The van der Waals surface area contributed by atoms with E-state index < -0.39 is 9.84 Å². The topological polar surface area (TPSA) is 50.3 Å². The SMILES string of the molecule is CN(CCS(C)(=O)=O)c1ncc(Br)cc1CCl. The number of anilines is 1. The first-order valence-electron chi connectivity index (χ1n) is 4.92. The number of aromatic nitrogens is 1. The van der Waals surface area contributed by atoms with Crippen molar-refractivity contribution in [2.24, 2.45) is 0 Å². The Hall–Kier alpha value is -0.330. The molecule has 0 aliphatic rings. The van der Waals surface area contributed by atoms with Gasteiger partial charge < -0.3 is 4.90 Å². The highest BCUT2D eigenvalue weighted by molar-refractivity contribution is 9.10. The van der Waals surface area contributed by atoms with Gasteiger partial charge in [-0.2, -0.15) is 0 Å². The Balaban J connectivity index is 2.85. The summed E-state index contributed by atoms with van der Waals surface area (Å²) in [5.41, 5.74) is 0.872. The molecule has 0 aromatic carbocycles. The number of halogens is 2. The van der Waals surface area contributed by atoms with Gasteiger partial charge in [0.05, 0.1) is 11.6 Å². The van der Waals surface area contributed by atoms with Crippen LogP contribution < -0.4 is 4.90 Å². The van der Waals surface area contributed by atoms with Crippen LogP contribution in [0.2, 0.25) is 0 Å². The Morgan fingerprint density at radius 2 is 2.18 bits per heavy atom. The number of sulfone groups is 1. The molecule has 0 N–H and O–H groups in total. The van der Waals surface area contributed by atoms with Gasteiger partial charge in [-0.3, -0.25) is 0 Å². The zero-order valence-corrected chi connectivity index (χ0v) is 12.8. The summed E-state index contributed by atoms with van der Waals surface area (Å²) >= 11 is 9.15. The Morgan fingerprint density at radius 3 is 2.71 bits per heavy atom. The highest BCUT2D eigenvalue weighted by Crippen LogP contribution is 2.22. The van der Waals surface area contributed by atoms with Crippen LogP contribution in [0.25, 0.3) is 0 Å². The van der Waals surface area contributed by atoms with Crippen LogP contribution in [0.4, 0.5) is 5.82 Å². The fraction of sp³-hybridized carbons (Fsp3) is 0.500. The van der Waals surface area contributed by atoms with E-state index in [2.05, 4.69) is 20.9 Å². The van der Waals surface area contributed by atoms with Gasteiger partial charge in [-0.1, -0.05) is 0 Å². The number of pyridine rings is 1. The van der Waals surface area contributed by atoms with Crippen molar-refractivity contribution in [1.82, 2.24) is 4.98 Å². The fourth-order valence-electron chi connectivity index (χ4n) is 1.32. The number of hydrogen-bond acceptors (Lipinski definition) is 4. The van der Waals surface area contributed by atoms with Gasteiger partial charge in [0.15, 0.2) is 0 Å². The van der Waals surface area contributed by atoms with Crippen LogP contribution in [0, 0.1) is 0 Å². The van der Waals surface area contributed by atoms with Gasteiger partial charge in [0.1, 0.15) is 15.7 Å². The minimum absolute atomic E-state index is 0.100. The lowest BCUT2D eigenvalue weighted by molar-refractivity contribution is 0.601. The highest BCUT2D eigenvalue weighted by Gasteiger charge is 2.11. The van der Waals surface area contributed by atoms with Crippen LogP contribution in [0.5, 0.6) is 0 Å². The normalized spacial score (nSPS) is 11.5. The van der Waals surface area contributed by atoms with Crippen LogP contribution in [0.3, 0.4) is 0 Å². The second-order valence-corrected chi connectivity index (χ2v) is 7.26. The minimum atomic E-state index is -2.97. The first-order chi connectivity index (χ1) is 7.83. The largest absolute Gasteiger partial charge is 0.358 e. The van der Waals surface area contributed by atoms with Crippen molar-refractivity contribution in [3.8, 4) is 0 Å². The maximum Gasteiger partial charge on any atom is 0.149 e. The molecule has 0 bridgehead atoms. The van der Waals surface area contributed by atoms with E-state index >= 15 is 0 Å². The molecule has 1 aromatic heterocycles. The second-order valence-electron chi connectivity index (χ2n) is 3.82. The molecule has 0 saturated carbocycles. The van der Waals surface area contributed by atoms with Crippen LogP contribution >= 0.6 is 27.5 Å². The molecular formula is C10H14BrClN2O2S. The number of nitrogens with zero attached hydrogens (tertiary/aromatic N) is 2. The van der Waals surface area contributed by atoms with Gasteiger partial charge >= 0.3 is 0 Å². The van der Waals surface area contributed by atoms with Gasteiger partial charge in [0, 0.05) is 36.1 Å². The summed E-state index contributed by atoms with van der Waals surface area (Å²) in [7, 11) is -1.16. The lowest BCUT2D eigenvalue weighted by Crippen LogP contribution is -2.26. The summed E-state index contributed by atoms with van der Waals surface area (Å²) in [6.07, 6.45) is 2.89. The molecule has 1 heterocycles. The van der Waals surface area contributed by atoms with Crippen LogP contribution in [0.15, 0.2) is 16.7 Å². The van der Waals surface area contributed by atoms with Crippen molar-refractivity contribution in [3.63, 3.8) is 0 Å². The zero-order valence-electron chi connectivity index (χ0n) is 9.65. The average Bonchev–Trinajstić information content (AvgIpc) is 2.24. The van der Waals surface area contributed by atoms with Crippen molar-refractivity contribution >= 4 is 43.2 Å². The summed E-state index contributed by atoms with van der Waals surface area (Å²) in [5, 5.41) is 0. The Kier molecular flexibility index (Phi) is 5.22. The van der Waals surface area contributed by atoms with Crippen molar-refractivity contribution < 1.29 is 8.42 Å². The number of alkyl halides is 1. The highest BCUT2D eigenvalue weighted by atomic mass is 79.9. The second kappa shape index (κ2) is 6.02.